The van der Waals surface area contributed by atoms with Crippen molar-refractivity contribution in [3.8, 4) is 5.75 Å². The molecule has 0 saturated carbocycles. The number of likely N-dealkylation sites (tertiary alicyclic amines) is 1. The summed E-state index contributed by atoms with van der Waals surface area (Å²) in [7, 11) is 0. The topological polar surface area (TPSA) is 59.4 Å². The number of ether oxygens (including phenoxy) is 1. The van der Waals surface area contributed by atoms with Crippen LogP contribution < -0.4 is 10.1 Å². The van der Waals surface area contributed by atoms with E-state index in [2.05, 4.69) is 34.7 Å². The van der Waals surface area contributed by atoms with Gasteiger partial charge in [0.2, 0.25) is 0 Å². The zero-order chi connectivity index (χ0) is 22.5. The molecule has 0 radical (unpaired) electrons. The van der Waals surface area contributed by atoms with E-state index < -0.39 is 0 Å². The fourth-order valence-electron chi connectivity index (χ4n) is 4.33. The summed E-state index contributed by atoms with van der Waals surface area (Å²) >= 11 is 0. The van der Waals surface area contributed by atoms with Gasteiger partial charge in [0.15, 0.2) is 6.61 Å². The highest BCUT2D eigenvalue weighted by atomic mass is 16.5. The highest BCUT2D eigenvalue weighted by molar-refractivity contribution is 5.94. The second-order valence-electron chi connectivity index (χ2n) is 8.94. The van der Waals surface area contributed by atoms with Crippen molar-refractivity contribution >= 4 is 22.6 Å². The number of nitrogens with zero attached hydrogens (tertiary/aromatic N) is 3. The summed E-state index contributed by atoms with van der Waals surface area (Å²) in [6.07, 6.45) is 3.58. The number of piperidine rings is 1. The number of amides is 1. The molecule has 3 aromatic rings. The predicted molar refractivity (Wildman–Crippen MR) is 129 cm³/mol. The van der Waals surface area contributed by atoms with E-state index in [1.54, 1.807) is 0 Å². The Morgan fingerprint density at radius 3 is 2.72 bits per heavy atom. The van der Waals surface area contributed by atoms with Crippen LogP contribution in [0.2, 0.25) is 0 Å². The van der Waals surface area contributed by atoms with Gasteiger partial charge in [0, 0.05) is 12.2 Å². The molecule has 2 aromatic carbocycles. The first-order chi connectivity index (χ1) is 15.5. The van der Waals surface area contributed by atoms with Crippen LogP contribution >= 0.6 is 0 Å². The van der Waals surface area contributed by atoms with E-state index in [1.807, 2.05) is 43.3 Å². The molecule has 0 bridgehead atoms. The molecule has 6 heteroatoms. The highest BCUT2D eigenvalue weighted by Gasteiger charge is 2.19. The molecule has 1 saturated heterocycles. The van der Waals surface area contributed by atoms with Crippen molar-refractivity contribution < 1.29 is 9.53 Å². The van der Waals surface area contributed by atoms with Gasteiger partial charge in [-0.3, -0.25) is 9.69 Å². The number of aromatic nitrogens is 2. The maximum Gasteiger partial charge on any atom is 0.262 e. The van der Waals surface area contributed by atoms with Crippen LogP contribution in [0.3, 0.4) is 0 Å². The van der Waals surface area contributed by atoms with Crippen LogP contribution in [0.15, 0.2) is 42.5 Å². The van der Waals surface area contributed by atoms with E-state index in [0.717, 1.165) is 72.4 Å². The van der Waals surface area contributed by atoms with Crippen molar-refractivity contribution in [3.63, 3.8) is 0 Å². The standard InChI is InChI=1S/C26H34N4O2/c1-4-13-30-23-10-9-21(27-26(31)18-32-24-8-6-5-7-20(24)3)16-22(23)28-25(30)17-29-14-11-19(2)12-15-29/h5-10,16,19H,4,11-15,17-18H2,1-3H3,(H,27,31). The molecule has 2 heterocycles. The fourth-order valence-corrected chi connectivity index (χ4v) is 4.33. The first-order valence-corrected chi connectivity index (χ1v) is 11.7. The molecule has 6 nitrogen and oxygen atoms in total. The number of imidazole rings is 1. The number of fused-ring (bicyclic) bond motifs is 1. The molecular weight excluding hydrogens is 400 g/mol. The fraction of sp³-hybridized carbons (Fsp3) is 0.462. The lowest BCUT2D eigenvalue weighted by atomic mass is 9.99. The molecule has 0 aliphatic carbocycles. The van der Waals surface area contributed by atoms with Gasteiger partial charge in [0.1, 0.15) is 11.6 Å². The van der Waals surface area contributed by atoms with Crippen molar-refractivity contribution in [1.82, 2.24) is 14.5 Å². The minimum absolute atomic E-state index is 0.0220. The average Bonchev–Trinajstić information content (AvgIpc) is 3.11. The minimum atomic E-state index is -0.178. The van der Waals surface area contributed by atoms with Crippen molar-refractivity contribution in [2.45, 2.75) is 53.1 Å². The zero-order valence-electron chi connectivity index (χ0n) is 19.4. The average molecular weight is 435 g/mol. The van der Waals surface area contributed by atoms with Gasteiger partial charge in [-0.2, -0.15) is 0 Å². The molecule has 0 spiro atoms. The van der Waals surface area contributed by atoms with Gasteiger partial charge in [-0.1, -0.05) is 32.0 Å². The molecule has 1 N–H and O–H groups in total. The Balaban J connectivity index is 1.45. The van der Waals surface area contributed by atoms with E-state index >= 15 is 0 Å². The summed E-state index contributed by atoms with van der Waals surface area (Å²) in [5, 5.41) is 2.95. The molecule has 1 aromatic heterocycles. The lowest BCUT2D eigenvalue weighted by Crippen LogP contribution is -2.33. The second kappa shape index (κ2) is 10.2. The molecule has 1 amide bonds. The smallest absolute Gasteiger partial charge is 0.262 e. The molecule has 1 aliphatic heterocycles. The van der Waals surface area contributed by atoms with Crippen LogP contribution in [0.4, 0.5) is 5.69 Å². The molecule has 1 fully saturated rings. The van der Waals surface area contributed by atoms with Crippen LogP contribution in [0.5, 0.6) is 5.75 Å². The molecule has 1 aliphatic rings. The third-order valence-electron chi connectivity index (χ3n) is 6.25. The quantitative estimate of drug-likeness (QED) is 0.542. The summed E-state index contributed by atoms with van der Waals surface area (Å²) < 4.78 is 8.00. The first-order valence-electron chi connectivity index (χ1n) is 11.7. The largest absolute Gasteiger partial charge is 0.483 e. The maximum atomic E-state index is 12.4. The van der Waals surface area contributed by atoms with Crippen LogP contribution in [0.1, 0.15) is 44.5 Å². The van der Waals surface area contributed by atoms with Crippen molar-refractivity contribution in [2.24, 2.45) is 5.92 Å². The number of rotatable bonds is 8. The summed E-state index contributed by atoms with van der Waals surface area (Å²) in [5.41, 5.74) is 3.81. The monoisotopic (exact) mass is 434 g/mol. The van der Waals surface area contributed by atoms with Gasteiger partial charge >= 0.3 is 0 Å². The molecular formula is C26H34N4O2. The van der Waals surface area contributed by atoms with Crippen LogP contribution in [0, 0.1) is 12.8 Å². The molecule has 0 atom stereocenters. The maximum absolute atomic E-state index is 12.4. The van der Waals surface area contributed by atoms with Gasteiger partial charge in [-0.25, -0.2) is 4.98 Å². The Hall–Kier alpha value is -2.86. The summed E-state index contributed by atoms with van der Waals surface area (Å²) in [6.45, 7) is 10.6. The Morgan fingerprint density at radius 1 is 1.19 bits per heavy atom. The first kappa shape index (κ1) is 22.3. The number of carbonyl (C=O) groups is 1. The number of para-hydroxylation sites is 1. The van der Waals surface area contributed by atoms with E-state index in [1.165, 1.54) is 12.8 Å². The van der Waals surface area contributed by atoms with Crippen molar-refractivity contribution in [2.75, 3.05) is 25.0 Å². The normalized spacial score (nSPS) is 15.2. The van der Waals surface area contributed by atoms with E-state index in [0.29, 0.717) is 0 Å². The third kappa shape index (κ3) is 5.30. The Bertz CT molecular complexity index is 1070. The van der Waals surface area contributed by atoms with Crippen molar-refractivity contribution in [3.05, 3.63) is 53.9 Å². The number of hydrogen-bond donors (Lipinski definition) is 1. The number of aryl methyl sites for hydroxylation is 2. The van der Waals surface area contributed by atoms with E-state index in [-0.39, 0.29) is 12.5 Å². The van der Waals surface area contributed by atoms with Gasteiger partial charge in [0.25, 0.3) is 5.91 Å². The van der Waals surface area contributed by atoms with Gasteiger partial charge in [-0.15, -0.1) is 0 Å². The van der Waals surface area contributed by atoms with Crippen LogP contribution in [-0.2, 0) is 17.9 Å². The molecule has 32 heavy (non-hydrogen) atoms. The summed E-state index contributed by atoms with van der Waals surface area (Å²) in [4.78, 5) is 19.9. The second-order valence-corrected chi connectivity index (χ2v) is 8.94. The summed E-state index contributed by atoms with van der Waals surface area (Å²) in [6, 6.07) is 13.7. The Morgan fingerprint density at radius 2 is 1.97 bits per heavy atom. The lowest BCUT2D eigenvalue weighted by molar-refractivity contribution is -0.118. The summed E-state index contributed by atoms with van der Waals surface area (Å²) in [5.74, 6) is 2.49. The number of anilines is 1. The number of nitrogens with one attached hydrogen (secondary N) is 1. The predicted octanol–water partition coefficient (Wildman–Crippen LogP) is 5.00. The Labute approximate surface area is 190 Å². The van der Waals surface area contributed by atoms with Gasteiger partial charge in [-0.05, 0) is 75.0 Å². The number of benzene rings is 2. The number of carbonyl (C=O) groups excluding carboxylic acids is 1. The van der Waals surface area contributed by atoms with E-state index in [4.69, 9.17) is 9.72 Å². The van der Waals surface area contributed by atoms with Crippen molar-refractivity contribution in [1.29, 1.82) is 0 Å². The minimum Gasteiger partial charge on any atom is -0.483 e. The highest BCUT2D eigenvalue weighted by Crippen LogP contribution is 2.24. The van der Waals surface area contributed by atoms with Crippen LogP contribution in [0.25, 0.3) is 11.0 Å². The molecule has 4 rings (SSSR count). The molecule has 0 unspecified atom stereocenters. The number of hydrogen-bond acceptors (Lipinski definition) is 4. The zero-order valence-corrected chi connectivity index (χ0v) is 19.4. The van der Waals surface area contributed by atoms with Gasteiger partial charge < -0.3 is 14.6 Å². The lowest BCUT2D eigenvalue weighted by Gasteiger charge is -2.29. The SMILES string of the molecule is CCCn1c(CN2CCC(C)CC2)nc2cc(NC(=O)COc3ccccc3C)ccc21. The molecule has 170 valence electrons. The van der Waals surface area contributed by atoms with Gasteiger partial charge in [0.05, 0.1) is 17.6 Å². The van der Waals surface area contributed by atoms with E-state index in [9.17, 15) is 4.79 Å². The Kier molecular flexibility index (Phi) is 7.10. The third-order valence-corrected chi connectivity index (χ3v) is 6.25. The van der Waals surface area contributed by atoms with Crippen LogP contribution in [-0.4, -0.2) is 40.1 Å².